The van der Waals surface area contributed by atoms with Crippen LogP contribution in [-0.4, -0.2) is 27.9 Å². The molecule has 0 unspecified atom stereocenters. The van der Waals surface area contributed by atoms with Crippen LogP contribution in [0.1, 0.15) is 48.2 Å². The molecule has 0 amide bonds. The van der Waals surface area contributed by atoms with Gasteiger partial charge in [0.2, 0.25) is 10.0 Å². The van der Waals surface area contributed by atoms with Gasteiger partial charge in [0.25, 0.3) is 0 Å². The van der Waals surface area contributed by atoms with Crippen LogP contribution in [0.25, 0.3) is 0 Å². The van der Waals surface area contributed by atoms with Crippen LogP contribution in [0, 0.1) is 0 Å². The number of aryl methyl sites for hydroxylation is 1. The van der Waals surface area contributed by atoms with Gasteiger partial charge in [0, 0.05) is 12.0 Å². The maximum Gasteiger partial charge on any atom is 0.238 e. The maximum atomic E-state index is 12.3. The molecule has 28 heavy (non-hydrogen) atoms. The number of hydrogen-bond donors (Lipinski definition) is 1. The van der Waals surface area contributed by atoms with Crippen molar-refractivity contribution in [3.8, 4) is 0 Å². The van der Waals surface area contributed by atoms with E-state index in [1.807, 2.05) is 0 Å². The molecule has 152 valence electrons. The van der Waals surface area contributed by atoms with E-state index in [0.29, 0.717) is 30.4 Å². The van der Waals surface area contributed by atoms with Crippen molar-refractivity contribution >= 4 is 25.6 Å². The van der Waals surface area contributed by atoms with Gasteiger partial charge >= 0.3 is 0 Å². The van der Waals surface area contributed by atoms with Gasteiger partial charge in [-0.3, -0.25) is 4.79 Å². The van der Waals surface area contributed by atoms with E-state index in [4.69, 9.17) is 5.14 Å². The van der Waals surface area contributed by atoms with Gasteiger partial charge in [-0.15, -0.1) is 0 Å². The van der Waals surface area contributed by atoms with E-state index in [1.54, 1.807) is 50.2 Å². The average Bonchev–Trinajstić information content (AvgIpc) is 2.61. The largest absolute Gasteiger partial charge is 0.294 e. The minimum atomic E-state index is -3.70. The van der Waals surface area contributed by atoms with E-state index in [-0.39, 0.29) is 16.4 Å². The zero-order valence-corrected chi connectivity index (χ0v) is 17.6. The summed E-state index contributed by atoms with van der Waals surface area (Å²) in [5.41, 5.74) is 2.14. The van der Waals surface area contributed by atoms with E-state index in [1.165, 1.54) is 12.1 Å². The van der Waals surface area contributed by atoms with Gasteiger partial charge in [-0.2, -0.15) is 0 Å². The predicted molar refractivity (Wildman–Crippen MR) is 109 cm³/mol. The first-order chi connectivity index (χ1) is 13.0. The van der Waals surface area contributed by atoms with Gasteiger partial charge in [0.1, 0.15) is 0 Å². The van der Waals surface area contributed by atoms with Gasteiger partial charge in [-0.1, -0.05) is 36.4 Å². The molecular formula is C20H25NO5S2. The molecule has 2 N–H and O–H groups in total. The van der Waals surface area contributed by atoms with Gasteiger partial charge in [0.05, 0.1) is 15.9 Å². The van der Waals surface area contributed by atoms with Crippen LogP contribution in [0.3, 0.4) is 0 Å². The molecule has 2 aromatic carbocycles. The van der Waals surface area contributed by atoms with Crippen molar-refractivity contribution in [2.24, 2.45) is 5.14 Å². The number of rotatable bonds is 9. The summed E-state index contributed by atoms with van der Waals surface area (Å²) in [7, 11) is -6.87. The molecule has 0 radical (unpaired) electrons. The van der Waals surface area contributed by atoms with Gasteiger partial charge in [0.15, 0.2) is 15.6 Å². The Labute approximate surface area is 166 Å². The highest BCUT2D eigenvalue weighted by Crippen LogP contribution is 2.15. The highest BCUT2D eigenvalue weighted by atomic mass is 32.2. The molecule has 0 saturated heterocycles. The van der Waals surface area contributed by atoms with Crippen molar-refractivity contribution in [1.82, 2.24) is 0 Å². The van der Waals surface area contributed by atoms with Crippen molar-refractivity contribution in [3.63, 3.8) is 0 Å². The summed E-state index contributed by atoms with van der Waals surface area (Å²) in [6, 6.07) is 13.0. The lowest BCUT2D eigenvalue weighted by Gasteiger charge is -2.08. The van der Waals surface area contributed by atoms with Crippen molar-refractivity contribution in [3.05, 3.63) is 65.2 Å². The third-order valence-electron chi connectivity index (χ3n) is 4.48. The third kappa shape index (κ3) is 6.25. The zero-order valence-electron chi connectivity index (χ0n) is 16.0. The number of hydrogen-bond acceptors (Lipinski definition) is 5. The van der Waals surface area contributed by atoms with Crippen LogP contribution >= 0.6 is 0 Å². The molecule has 8 heteroatoms. The van der Waals surface area contributed by atoms with Crippen molar-refractivity contribution in [2.75, 3.05) is 0 Å². The molecular weight excluding hydrogens is 398 g/mol. The topological polar surface area (TPSA) is 111 Å². The number of Topliss-reactive ketones (excluding diaryl/α,β-unsaturated/α-hetero) is 1. The Balaban J connectivity index is 1.89. The highest BCUT2D eigenvalue weighted by molar-refractivity contribution is 7.91. The van der Waals surface area contributed by atoms with E-state index in [0.717, 1.165) is 5.56 Å². The molecule has 0 aliphatic heterocycles. The molecule has 0 bridgehead atoms. The number of ketones is 1. The van der Waals surface area contributed by atoms with Crippen LogP contribution in [0.4, 0.5) is 0 Å². The maximum absolute atomic E-state index is 12.3. The third-order valence-corrected chi connectivity index (χ3v) is 7.58. The van der Waals surface area contributed by atoms with Crippen LogP contribution < -0.4 is 5.14 Å². The smallest absolute Gasteiger partial charge is 0.238 e. The summed E-state index contributed by atoms with van der Waals surface area (Å²) in [6.07, 6.45) is 1.61. The molecule has 0 atom stereocenters. The highest BCUT2D eigenvalue weighted by Gasteiger charge is 2.17. The quantitative estimate of drug-likeness (QED) is 0.623. The number of carbonyl (C=O) groups is 1. The number of benzene rings is 2. The van der Waals surface area contributed by atoms with Gasteiger partial charge in [-0.05, 0) is 49.9 Å². The first kappa shape index (κ1) is 22.3. The predicted octanol–water partition coefficient (Wildman–Crippen LogP) is 2.86. The molecule has 0 spiro atoms. The number of nitrogens with two attached hydrogens (primary N) is 1. The minimum absolute atomic E-state index is 0.0144. The Hall–Kier alpha value is -2.03. The van der Waals surface area contributed by atoms with Crippen LogP contribution in [0.2, 0.25) is 0 Å². The molecule has 2 aromatic rings. The molecule has 6 nitrogen and oxygen atoms in total. The van der Waals surface area contributed by atoms with Crippen molar-refractivity contribution in [1.29, 1.82) is 0 Å². The molecule has 2 rings (SSSR count). The minimum Gasteiger partial charge on any atom is -0.294 e. The molecule has 0 fully saturated rings. The van der Waals surface area contributed by atoms with Crippen LogP contribution in [0.15, 0.2) is 53.4 Å². The second kappa shape index (κ2) is 8.98. The Morgan fingerprint density at radius 2 is 1.43 bits per heavy atom. The average molecular weight is 424 g/mol. The van der Waals surface area contributed by atoms with E-state index in [2.05, 4.69) is 0 Å². The Morgan fingerprint density at radius 1 is 0.893 bits per heavy atom. The molecule has 0 aliphatic carbocycles. The zero-order chi connectivity index (χ0) is 20.9. The van der Waals surface area contributed by atoms with E-state index >= 15 is 0 Å². The summed E-state index contributed by atoms with van der Waals surface area (Å²) < 4.78 is 46.4. The Morgan fingerprint density at radius 3 is 1.93 bits per heavy atom. The Bertz CT molecular complexity index is 1020. The number of sulfone groups is 1. The van der Waals surface area contributed by atoms with Crippen molar-refractivity contribution < 1.29 is 21.6 Å². The fraction of sp³-hybridized carbons (Fsp3) is 0.350. The monoisotopic (exact) mass is 423 g/mol. The number of sulfonamides is 1. The SMILES string of the molecule is CC(C)S(=O)(=O)Cc1ccc(C(=O)CCCc2ccc(S(N)(=O)=O)cc2)cc1. The summed E-state index contributed by atoms with van der Waals surface area (Å²) in [4.78, 5) is 12.4. The normalized spacial score (nSPS) is 12.3. The number of carbonyl (C=O) groups excluding carboxylic acids is 1. The molecule has 0 heterocycles. The van der Waals surface area contributed by atoms with Gasteiger partial charge in [-0.25, -0.2) is 22.0 Å². The van der Waals surface area contributed by atoms with Crippen LogP contribution in [-0.2, 0) is 32.0 Å². The van der Waals surface area contributed by atoms with E-state index < -0.39 is 25.1 Å². The fourth-order valence-corrected chi connectivity index (χ4v) is 4.13. The summed E-state index contributed by atoms with van der Waals surface area (Å²) in [5, 5.41) is 4.63. The first-order valence-electron chi connectivity index (χ1n) is 8.94. The summed E-state index contributed by atoms with van der Waals surface area (Å²) >= 11 is 0. The Kier molecular flexibility index (Phi) is 7.14. The number of primary sulfonamides is 1. The lowest BCUT2D eigenvalue weighted by molar-refractivity contribution is 0.0980. The second-order valence-electron chi connectivity index (χ2n) is 7.02. The fourth-order valence-electron chi connectivity index (χ4n) is 2.63. The molecule has 0 saturated carbocycles. The van der Waals surface area contributed by atoms with Crippen molar-refractivity contribution in [2.45, 2.75) is 49.0 Å². The summed E-state index contributed by atoms with van der Waals surface area (Å²) in [5.74, 6) is -0.0485. The first-order valence-corrected chi connectivity index (χ1v) is 12.2. The van der Waals surface area contributed by atoms with Crippen LogP contribution in [0.5, 0.6) is 0 Å². The molecule has 0 aliphatic rings. The lowest BCUT2D eigenvalue weighted by Crippen LogP contribution is -2.16. The lowest BCUT2D eigenvalue weighted by atomic mass is 10.0. The second-order valence-corrected chi connectivity index (χ2v) is 11.1. The molecule has 0 aromatic heterocycles. The van der Waals surface area contributed by atoms with E-state index in [9.17, 15) is 21.6 Å². The summed E-state index contributed by atoms with van der Waals surface area (Å²) in [6.45, 7) is 3.30. The standard InChI is InChI=1S/C20H25NO5S2/c1-15(2)27(23,24)14-17-6-10-18(11-7-17)20(22)5-3-4-16-8-12-19(13-9-16)28(21,25)26/h6-13,15H,3-5,14H2,1-2H3,(H2,21,25,26). The van der Waals surface area contributed by atoms with Gasteiger partial charge < -0.3 is 0 Å².